The van der Waals surface area contributed by atoms with Crippen LogP contribution >= 0.6 is 0 Å². The standard InChI is InChI=1S/C8H9O/c1-7-4-3-5-8(6-7)9-2/h3-4,6H,1-2H3. The van der Waals surface area contributed by atoms with E-state index in [1.54, 1.807) is 7.11 Å². The van der Waals surface area contributed by atoms with Gasteiger partial charge in [0.05, 0.1) is 7.11 Å². The fourth-order valence-corrected chi connectivity index (χ4v) is 0.670. The zero-order chi connectivity index (χ0) is 6.69. The molecule has 9 heavy (non-hydrogen) atoms. The van der Waals surface area contributed by atoms with Gasteiger partial charge in [0.2, 0.25) is 0 Å². The Bertz CT molecular complexity index is 194. The molecule has 0 unspecified atom stereocenters. The molecule has 0 N–H and O–H groups in total. The number of ether oxygens (including phenoxy) is 1. The summed E-state index contributed by atoms with van der Waals surface area (Å²) in [5, 5.41) is 0. The molecule has 0 bridgehead atoms. The Hall–Kier alpha value is -0.980. The molecule has 0 atom stereocenters. The van der Waals surface area contributed by atoms with Gasteiger partial charge in [0.1, 0.15) is 5.75 Å². The van der Waals surface area contributed by atoms with Crippen LogP contribution in [-0.4, -0.2) is 7.11 Å². The van der Waals surface area contributed by atoms with Gasteiger partial charge in [-0.3, -0.25) is 0 Å². The number of aryl methyl sites for hydroxylation is 1. The van der Waals surface area contributed by atoms with Crippen molar-refractivity contribution in [1.29, 1.82) is 0 Å². The molecule has 1 heteroatoms. The van der Waals surface area contributed by atoms with E-state index < -0.39 is 0 Å². The van der Waals surface area contributed by atoms with Gasteiger partial charge in [0.25, 0.3) is 0 Å². The van der Waals surface area contributed by atoms with Crippen molar-refractivity contribution in [1.82, 2.24) is 0 Å². The zero-order valence-corrected chi connectivity index (χ0v) is 5.64. The van der Waals surface area contributed by atoms with Gasteiger partial charge < -0.3 is 4.74 Å². The van der Waals surface area contributed by atoms with E-state index in [2.05, 4.69) is 6.07 Å². The summed E-state index contributed by atoms with van der Waals surface area (Å²) in [6.45, 7) is 2.02. The van der Waals surface area contributed by atoms with E-state index in [0.717, 1.165) is 5.75 Å². The fraction of sp³-hybridized carbons (Fsp3) is 0.250. The van der Waals surface area contributed by atoms with Crippen LogP contribution in [0.3, 0.4) is 0 Å². The average Bonchev–Trinajstić information content (AvgIpc) is 1.88. The lowest BCUT2D eigenvalue weighted by Gasteiger charge is -1.97. The maximum Gasteiger partial charge on any atom is 0.127 e. The molecule has 0 aliphatic heterocycles. The maximum atomic E-state index is 4.94. The van der Waals surface area contributed by atoms with Gasteiger partial charge in [0.15, 0.2) is 0 Å². The Morgan fingerprint density at radius 2 is 2.33 bits per heavy atom. The van der Waals surface area contributed by atoms with Crippen molar-refractivity contribution in [3.8, 4) is 5.75 Å². The minimum Gasteiger partial charge on any atom is -0.496 e. The first-order valence-electron chi connectivity index (χ1n) is 2.85. The number of rotatable bonds is 1. The van der Waals surface area contributed by atoms with Crippen LogP contribution in [0.2, 0.25) is 0 Å². The third-order valence-corrected chi connectivity index (χ3v) is 1.15. The van der Waals surface area contributed by atoms with Gasteiger partial charge in [-0.2, -0.15) is 0 Å². The largest absolute Gasteiger partial charge is 0.496 e. The van der Waals surface area contributed by atoms with Gasteiger partial charge in [-0.25, -0.2) is 0 Å². The lowest BCUT2D eigenvalue weighted by molar-refractivity contribution is 0.413. The molecule has 0 aliphatic carbocycles. The smallest absolute Gasteiger partial charge is 0.127 e. The molecule has 0 amide bonds. The first-order chi connectivity index (χ1) is 4.33. The summed E-state index contributed by atoms with van der Waals surface area (Å²) in [7, 11) is 1.64. The van der Waals surface area contributed by atoms with Crippen LogP contribution < -0.4 is 4.74 Å². The van der Waals surface area contributed by atoms with Crippen LogP contribution in [0.15, 0.2) is 18.2 Å². The quantitative estimate of drug-likeness (QED) is 0.550. The molecular weight excluding hydrogens is 112 g/mol. The molecule has 0 saturated carbocycles. The number of benzene rings is 1. The summed E-state index contributed by atoms with van der Waals surface area (Å²) in [5.41, 5.74) is 1.20. The third-order valence-electron chi connectivity index (χ3n) is 1.15. The first kappa shape index (κ1) is 6.14. The van der Waals surface area contributed by atoms with Crippen molar-refractivity contribution in [2.24, 2.45) is 0 Å². The highest BCUT2D eigenvalue weighted by Gasteiger charge is 1.87. The summed E-state index contributed by atoms with van der Waals surface area (Å²) in [4.78, 5) is 0. The summed E-state index contributed by atoms with van der Waals surface area (Å²) < 4.78 is 4.94. The molecule has 0 spiro atoms. The molecule has 1 aromatic carbocycles. The molecule has 0 aliphatic rings. The predicted octanol–water partition coefficient (Wildman–Crippen LogP) is 1.80. The van der Waals surface area contributed by atoms with E-state index >= 15 is 0 Å². The second kappa shape index (κ2) is 2.53. The molecule has 1 radical (unpaired) electrons. The second-order valence-corrected chi connectivity index (χ2v) is 1.93. The minimum absolute atomic E-state index is 0.801. The summed E-state index contributed by atoms with van der Waals surface area (Å²) >= 11 is 0. The highest BCUT2D eigenvalue weighted by Crippen LogP contribution is 2.09. The van der Waals surface area contributed by atoms with Crippen LogP contribution in [0.5, 0.6) is 5.75 Å². The van der Waals surface area contributed by atoms with E-state index in [0.29, 0.717) is 0 Å². The van der Waals surface area contributed by atoms with Crippen molar-refractivity contribution < 1.29 is 4.74 Å². The predicted molar refractivity (Wildman–Crippen MR) is 36.6 cm³/mol. The molecule has 47 valence electrons. The van der Waals surface area contributed by atoms with E-state index in [1.807, 2.05) is 25.1 Å². The lowest BCUT2D eigenvalue weighted by atomic mass is 10.2. The molecule has 0 heterocycles. The maximum absolute atomic E-state index is 4.94. The van der Waals surface area contributed by atoms with Crippen LogP contribution in [0, 0.1) is 13.0 Å². The third kappa shape index (κ3) is 1.46. The van der Waals surface area contributed by atoms with Crippen molar-refractivity contribution in [3.63, 3.8) is 0 Å². The molecule has 0 saturated heterocycles. The number of methoxy groups -OCH3 is 1. The minimum atomic E-state index is 0.801. The van der Waals surface area contributed by atoms with Crippen LogP contribution in [0.25, 0.3) is 0 Å². The monoisotopic (exact) mass is 121 g/mol. The normalized spacial score (nSPS) is 9.11. The van der Waals surface area contributed by atoms with Crippen molar-refractivity contribution >= 4 is 0 Å². The van der Waals surface area contributed by atoms with E-state index in [-0.39, 0.29) is 0 Å². The van der Waals surface area contributed by atoms with Crippen LogP contribution in [-0.2, 0) is 0 Å². The Morgan fingerprint density at radius 3 is 2.78 bits per heavy atom. The van der Waals surface area contributed by atoms with Crippen molar-refractivity contribution in [2.45, 2.75) is 6.92 Å². The van der Waals surface area contributed by atoms with Crippen LogP contribution in [0.1, 0.15) is 5.56 Å². The first-order valence-corrected chi connectivity index (χ1v) is 2.85. The van der Waals surface area contributed by atoms with Gasteiger partial charge in [-0.1, -0.05) is 12.1 Å². The van der Waals surface area contributed by atoms with Gasteiger partial charge in [-0.15, -0.1) is 0 Å². The number of hydrogen-bond donors (Lipinski definition) is 0. The Balaban J connectivity index is 2.94. The highest BCUT2D eigenvalue weighted by atomic mass is 16.5. The SMILES string of the molecule is COc1[c]ccc(C)c1. The molecule has 0 fully saturated rings. The summed E-state index contributed by atoms with van der Waals surface area (Å²) in [6.07, 6.45) is 0. The van der Waals surface area contributed by atoms with Crippen LogP contribution in [0.4, 0.5) is 0 Å². The molecule has 0 aromatic heterocycles. The average molecular weight is 121 g/mol. The van der Waals surface area contributed by atoms with Gasteiger partial charge in [-0.05, 0) is 18.6 Å². The van der Waals surface area contributed by atoms with Gasteiger partial charge >= 0.3 is 0 Å². The topological polar surface area (TPSA) is 9.23 Å². The number of hydrogen-bond acceptors (Lipinski definition) is 1. The second-order valence-electron chi connectivity index (χ2n) is 1.93. The molecule has 1 nitrogen and oxygen atoms in total. The van der Waals surface area contributed by atoms with Crippen molar-refractivity contribution in [2.75, 3.05) is 7.11 Å². The Labute approximate surface area is 55.3 Å². The summed E-state index contributed by atoms with van der Waals surface area (Å²) in [5.74, 6) is 0.801. The molecule has 1 aromatic rings. The highest BCUT2D eigenvalue weighted by molar-refractivity contribution is 5.25. The zero-order valence-electron chi connectivity index (χ0n) is 5.64. The van der Waals surface area contributed by atoms with E-state index in [4.69, 9.17) is 4.74 Å². The fourth-order valence-electron chi connectivity index (χ4n) is 0.670. The van der Waals surface area contributed by atoms with Crippen molar-refractivity contribution in [3.05, 3.63) is 29.8 Å². The Morgan fingerprint density at radius 1 is 1.56 bits per heavy atom. The van der Waals surface area contributed by atoms with E-state index in [9.17, 15) is 0 Å². The molecular formula is C8H9O. The van der Waals surface area contributed by atoms with Gasteiger partial charge in [0, 0.05) is 6.07 Å². The van der Waals surface area contributed by atoms with E-state index in [1.165, 1.54) is 5.56 Å². The summed E-state index contributed by atoms with van der Waals surface area (Å²) in [6, 6.07) is 8.73. The Kier molecular flexibility index (Phi) is 1.73. The lowest BCUT2D eigenvalue weighted by Crippen LogP contribution is -1.81. The molecule has 1 rings (SSSR count).